The molecule has 2 aliphatic heterocycles. The summed E-state index contributed by atoms with van der Waals surface area (Å²) in [6, 6.07) is 17.5. The molecule has 0 aliphatic carbocycles. The van der Waals surface area contributed by atoms with Crippen molar-refractivity contribution in [3.05, 3.63) is 65.7 Å². The number of fused-ring (bicyclic) bond motifs is 1. The molecule has 1 atom stereocenters. The molecule has 0 saturated carbocycles. The van der Waals surface area contributed by atoms with E-state index >= 15 is 0 Å². The number of nitrogens with zero attached hydrogens (tertiary/aromatic N) is 2. The lowest BCUT2D eigenvalue weighted by molar-refractivity contribution is -0.133. The first-order valence-electron chi connectivity index (χ1n) is 10.4. The molecule has 1 saturated heterocycles. The number of piperidine rings is 1. The summed E-state index contributed by atoms with van der Waals surface area (Å²) in [6.45, 7) is 5.27. The zero-order chi connectivity index (χ0) is 20.6. The molecular formula is C24H29N3O2. The van der Waals surface area contributed by atoms with Gasteiger partial charge in [0.05, 0.1) is 11.5 Å². The van der Waals surface area contributed by atoms with Crippen molar-refractivity contribution < 1.29 is 9.59 Å². The average molecular weight is 392 g/mol. The number of carbonyl (C=O) groups excluding carboxylic acids is 2. The lowest BCUT2D eigenvalue weighted by Gasteiger charge is -2.38. The van der Waals surface area contributed by atoms with E-state index in [1.54, 1.807) is 0 Å². The smallest absolute Gasteiger partial charge is 0.239 e. The molecule has 2 amide bonds. The van der Waals surface area contributed by atoms with Crippen LogP contribution in [0.2, 0.25) is 0 Å². The summed E-state index contributed by atoms with van der Waals surface area (Å²) in [5.41, 5.74) is 8.89. The third kappa shape index (κ3) is 3.55. The Balaban J connectivity index is 1.41. The zero-order valence-corrected chi connectivity index (χ0v) is 17.2. The lowest BCUT2D eigenvalue weighted by atomic mass is 9.86. The quantitative estimate of drug-likeness (QED) is 0.872. The molecule has 2 aromatic carbocycles. The number of benzene rings is 2. The van der Waals surface area contributed by atoms with Crippen molar-refractivity contribution in [1.82, 2.24) is 4.90 Å². The predicted octanol–water partition coefficient (Wildman–Crippen LogP) is 2.87. The van der Waals surface area contributed by atoms with Gasteiger partial charge in [-0.05, 0) is 50.3 Å². The van der Waals surface area contributed by atoms with E-state index in [2.05, 4.69) is 6.07 Å². The van der Waals surface area contributed by atoms with Crippen molar-refractivity contribution in [2.45, 2.75) is 50.6 Å². The van der Waals surface area contributed by atoms with E-state index < -0.39 is 11.5 Å². The molecule has 1 unspecified atom stereocenters. The number of carbonyl (C=O) groups is 2. The number of nitrogens with two attached hydrogens (primary N) is 1. The molecule has 4 rings (SSSR count). The summed E-state index contributed by atoms with van der Waals surface area (Å²) in [7, 11) is 0. The fraction of sp³-hybridized carbons (Fsp3) is 0.417. The Hall–Kier alpha value is -2.66. The number of hydrogen-bond acceptors (Lipinski definition) is 3. The number of anilines is 1. The van der Waals surface area contributed by atoms with E-state index in [0.29, 0.717) is 19.5 Å². The standard InChI is InChI=1S/C24H29N3O2/c1-24(2)19-10-6-7-11-21(19)27(23(24)29)18-12-14-26(15-13-18)22(28)20(25)16-17-8-4-3-5-9-17/h3-11,18,20H,12-16,25H2,1-2H3. The predicted molar refractivity (Wildman–Crippen MR) is 115 cm³/mol. The summed E-state index contributed by atoms with van der Waals surface area (Å²) >= 11 is 0. The van der Waals surface area contributed by atoms with Gasteiger partial charge in [0.25, 0.3) is 0 Å². The fourth-order valence-corrected chi connectivity index (χ4v) is 4.63. The second-order valence-corrected chi connectivity index (χ2v) is 8.67. The number of likely N-dealkylation sites (tertiary alicyclic amines) is 1. The molecule has 0 bridgehead atoms. The van der Waals surface area contributed by atoms with Crippen LogP contribution < -0.4 is 10.6 Å². The Morgan fingerprint density at radius 3 is 2.38 bits per heavy atom. The second kappa shape index (κ2) is 7.64. The highest BCUT2D eigenvalue weighted by Crippen LogP contribution is 2.43. The third-order valence-corrected chi connectivity index (χ3v) is 6.35. The van der Waals surface area contributed by atoms with Gasteiger partial charge < -0.3 is 15.5 Å². The van der Waals surface area contributed by atoms with Gasteiger partial charge in [0, 0.05) is 24.8 Å². The van der Waals surface area contributed by atoms with Crippen LogP contribution in [-0.4, -0.2) is 41.9 Å². The fourth-order valence-electron chi connectivity index (χ4n) is 4.63. The average Bonchev–Trinajstić information content (AvgIpc) is 2.94. The van der Waals surface area contributed by atoms with Gasteiger partial charge in [0.1, 0.15) is 0 Å². The summed E-state index contributed by atoms with van der Waals surface area (Å²) in [6.07, 6.45) is 2.10. The van der Waals surface area contributed by atoms with Crippen LogP contribution in [0.15, 0.2) is 54.6 Å². The number of para-hydroxylation sites is 1. The summed E-state index contributed by atoms with van der Waals surface area (Å²) < 4.78 is 0. The number of amides is 2. The van der Waals surface area contributed by atoms with Gasteiger partial charge in [-0.15, -0.1) is 0 Å². The van der Waals surface area contributed by atoms with E-state index in [1.165, 1.54) is 0 Å². The topological polar surface area (TPSA) is 66.6 Å². The second-order valence-electron chi connectivity index (χ2n) is 8.67. The summed E-state index contributed by atoms with van der Waals surface area (Å²) in [5.74, 6) is 0.157. The molecule has 1 fully saturated rings. The molecule has 2 N–H and O–H groups in total. The van der Waals surface area contributed by atoms with Crippen molar-refractivity contribution in [2.24, 2.45) is 5.73 Å². The minimum atomic E-state index is -0.526. The molecule has 0 radical (unpaired) electrons. The van der Waals surface area contributed by atoms with Gasteiger partial charge in [-0.2, -0.15) is 0 Å². The summed E-state index contributed by atoms with van der Waals surface area (Å²) in [4.78, 5) is 29.8. The molecule has 5 nitrogen and oxygen atoms in total. The first kappa shape index (κ1) is 19.6. The Morgan fingerprint density at radius 1 is 1.07 bits per heavy atom. The van der Waals surface area contributed by atoms with Crippen LogP contribution in [0.25, 0.3) is 0 Å². The van der Waals surface area contributed by atoms with Gasteiger partial charge in [-0.25, -0.2) is 0 Å². The van der Waals surface area contributed by atoms with E-state index in [1.807, 2.05) is 72.2 Å². The minimum Gasteiger partial charge on any atom is -0.341 e. The first-order valence-corrected chi connectivity index (χ1v) is 10.4. The summed E-state index contributed by atoms with van der Waals surface area (Å²) in [5, 5.41) is 0. The maximum Gasteiger partial charge on any atom is 0.239 e. The zero-order valence-electron chi connectivity index (χ0n) is 17.2. The van der Waals surface area contributed by atoms with Crippen molar-refractivity contribution in [1.29, 1.82) is 0 Å². The highest BCUT2D eigenvalue weighted by atomic mass is 16.2. The van der Waals surface area contributed by atoms with Gasteiger partial charge in [0.2, 0.25) is 11.8 Å². The van der Waals surface area contributed by atoms with Crippen LogP contribution in [0.1, 0.15) is 37.8 Å². The maximum atomic E-state index is 13.1. The number of rotatable bonds is 4. The first-order chi connectivity index (χ1) is 13.9. The van der Waals surface area contributed by atoms with Gasteiger partial charge in [0.15, 0.2) is 0 Å². The van der Waals surface area contributed by atoms with Gasteiger partial charge >= 0.3 is 0 Å². The molecule has 2 aromatic rings. The highest BCUT2D eigenvalue weighted by molar-refractivity contribution is 6.08. The molecule has 0 spiro atoms. The molecule has 152 valence electrons. The SMILES string of the molecule is CC1(C)C(=O)N(C2CCN(C(=O)C(N)Cc3ccccc3)CC2)c2ccccc21. The van der Waals surface area contributed by atoms with E-state index in [0.717, 1.165) is 29.7 Å². The Labute approximate surface area is 172 Å². The van der Waals surface area contributed by atoms with E-state index in [9.17, 15) is 9.59 Å². The molecule has 5 heteroatoms. The van der Waals surface area contributed by atoms with Crippen LogP contribution >= 0.6 is 0 Å². The van der Waals surface area contributed by atoms with Gasteiger partial charge in [-0.3, -0.25) is 9.59 Å². The Kier molecular flexibility index (Phi) is 5.17. The molecule has 2 heterocycles. The minimum absolute atomic E-state index is 0.000724. The van der Waals surface area contributed by atoms with Crippen molar-refractivity contribution in [2.75, 3.05) is 18.0 Å². The van der Waals surface area contributed by atoms with Crippen LogP contribution in [-0.2, 0) is 21.4 Å². The molecule has 0 aromatic heterocycles. The largest absolute Gasteiger partial charge is 0.341 e. The van der Waals surface area contributed by atoms with Crippen LogP contribution in [0.3, 0.4) is 0 Å². The van der Waals surface area contributed by atoms with Crippen molar-refractivity contribution >= 4 is 17.5 Å². The van der Waals surface area contributed by atoms with Crippen LogP contribution in [0, 0.1) is 0 Å². The highest BCUT2D eigenvalue weighted by Gasteiger charge is 2.46. The van der Waals surface area contributed by atoms with Crippen LogP contribution in [0.4, 0.5) is 5.69 Å². The maximum absolute atomic E-state index is 13.1. The molecular weight excluding hydrogens is 362 g/mol. The lowest BCUT2D eigenvalue weighted by Crippen LogP contribution is -2.53. The monoisotopic (exact) mass is 391 g/mol. The van der Waals surface area contributed by atoms with Gasteiger partial charge in [-0.1, -0.05) is 48.5 Å². The molecule has 29 heavy (non-hydrogen) atoms. The van der Waals surface area contributed by atoms with Crippen molar-refractivity contribution in [3.8, 4) is 0 Å². The van der Waals surface area contributed by atoms with Crippen LogP contribution in [0.5, 0.6) is 0 Å². The normalized spacial score (nSPS) is 19.9. The van der Waals surface area contributed by atoms with Crippen molar-refractivity contribution in [3.63, 3.8) is 0 Å². The van der Waals surface area contributed by atoms with E-state index in [4.69, 9.17) is 5.73 Å². The number of hydrogen-bond donors (Lipinski definition) is 1. The van der Waals surface area contributed by atoms with E-state index in [-0.39, 0.29) is 17.9 Å². The third-order valence-electron chi connectivity index (χ3n) is 6.35. The Bertz CT molecular complexity index is 901. The molecule has 2 aliphatic rings. The Morgan fingerprint density at radius 2 is 1.69 bits per heavy atom.